The monoisotopic (exact) mass is 416 g/mol. The first-order chi connectivity index (χ1) is 14.5. The molecule has 0 saturated carbocycles. The zero-order chi connectivity index (χ0) is 21.7. The predicted molar refractivity (Wildman–Crippen MR) is 115 cm³/mol. The van der Waals surface area contributed by atoms with Gasteiger partial charge in [-0.25, -0.2) is 14.8 Å². The van der Waals surface area contributed by atoms with Gasteiger partial charge in [0.25, 0.3) is 5.56 Å². The summed E-state index contributed by atoms with van der Waals surface area (Å²) < 4.78 is 13.1. The second-order valence-electron chi connectivity index (χ2n) is 6.89. The molecule has 3 heterocycles. The molecule has 0 aliphatic heterocycles. The summed E-state index contributed by atoms with van der Waals surface area (Å²) in [6.07, 6.45) is 2.73. The smallest absolute Gasteiger partial charge is 0.332 e. The molecule has 10 heteroatoms. The molecule has 0 atom stereocenters. The van der Waals surface area contributed by atoms with Crippen LogP contribution in [-0.4, -0.2) is 51.1 Å². The van der Waals surface area contributed by atoms with Crippen molar-refractivity contribution in [3.63, 3.8) is 0 Å². The quantitative estimate of drug-likeness (QED) is 0.484. The Morgan fingerprint density at radius 2 is 1.80 bits per heavy atom. The lowest BCUT2D eigenvalue weighted by Crippen LogP contribution is -2.40. The molecule has 0 saturated heterocycles. The molecule has 30 heavy (non-hydrogen) atoms. The molecular formula is C20H28N6O4. The third-order valence-corrected chi connectivity index (χ3v) is 4.77. The van der Waals surface area contributed by atoms with E-state index in [1.165, 1.54) is 4.57 Å². The minimum atomic E-state index is -0.373. The minimum absolute atomic E-state index is 0.322. The van der Waals surface area contributed by atoms with Gasteiger partial charge in [0.2, 0.25) is 0 Å². The Balaban J connectivity index is 1.97. The summed E-state index contributed by atoms with van der Waals surface area (Å²) in [5.74, 6) is 1.15. The Labute approximate surface area is 173 Å². The van der Waals surface area contributed by atoms with Crippen LogP contribution in [0.5, 0.6) is 0 Å². The molecule has 0 bridgehead atoms. The number of nitrogens with zero attached hydrogens (tertiary/aromatic N) is 4. The van der Waals surface area contributed by atoms with Crippen LogP contribution in [0.3, 0.4) is 0 Å². The van der Waals surface area contributed by atoms with Gasteiger partial charge >= 0.3 is 5.69 Å². The number of ether oxygens (including phenoxy) is 2. The number of aryl methyl sites for hydroxylation is 1. The van der Waals surface area contributed by atoms with Crippen LogP contribution in [0.2, 0.25) is 0 Å². The van der Waals surface area contributed by atoms with Gasteiger partial charge in [0.05, 0.1) is 6.54 Å². The van der Waals surface area contributed by atoms with E-state index in [0.29, 0.717) is 54.4 Å². The van der Waals surface area contributed by atoms with Crippen molar-refractivity contribution in [2.45, 2.75) is 46.1 Å². The zero-order valence-electron chi connectivity index (χ0n) is 17.8. The number of H-pyrrole nitrogens is 1. The standard InChI is InChI=1S/C20H28N6O4/c1-5-9-25-18-16(19(27)26(10-6-2)20(25)28)23-17(24-18)13-7-8-14(21-11-13)22-12-15(29-3)30-4/h7-8,11,15H,5-6,9-10,12H2,1-4H3,(H,21,22)(H,23,24). The van der Waals surface area contributed by atoms with E-state index in [1.54, 1.807) is 31.0 Å². The topological polar surface area (TPSA) is 116 Å². The fourth-order valence-corrected chi connectivity index (χ4v) is 3.24. The van der Waals surface area contributed by atoms with Crippen molar-refractivity contribution in [1.29, 1.82) is 0 Å². The number of fused-ring (bicyclic) bond motifs is 1. The van der Waals surface area contributed by atoms with Crippen LogP contribution in [0.25, 0.3) is 22.6 Å². The molecule has 0 spiro atoms. The van der Waals surface area contributed by atoms with Gasteiger partial charge in [0.1, 0.15) is 17.2 Å². The lowest BCUT2D eigenvalue weighted by Gasteiger charge is -2.14. The van der Waals surface area contributed by atoms with E-state index in [-0.39, 0.29) is 17.5 Å². The largest absolute Gasteiger partial charge is 0.365 e. The Kier molecular flexibility index (Phi) is 7.01. The van der Waals surface area contributed by atoms with Gasteiger partial charge in [-0.05, 0) is 25.0 Å². The molecule has 0 radical (unpaired) electrons. The lowest BCUT2D eigenvalue weighted by molar-refractivity contribution is -0.0914. The average Bonchev–Trinajstić information content (AvgIpc) is 3.21. The van der Waals surface area contributed by atoms with Crippen LogP contribution in [0, 0.1) is 0 Å². The van der Waals surface area contributed by atoms with Crippen molar-refractivity contribution in [2.24, 2.45) is 0 Å². The highest BCUT2D eigenvalue weighted by Crippen LogP contribution is 2.19. The summed E-state index contributed by atoms with van der Waals surface area (Å²) in [7, 11) is 3.14. The summed E-state index contributed by atoms with van der Waals surface area (Å²) in [6.45, 7) is 5.22. The van der Waals surface area contributed by atoms with Crippen LogP contribution >= 0.6 is 0 Å². The summed E-state index contributed by atoms with van der Waals surface area (Å²) in [4.78, 5) is 37.6. The van der Waals surface area contributed by atoms with Gasteiger partial charge in [-0.15, -0.1) is 0 Å². The van der Waals surface area contributed by atoms with Crippen molar-refractivity contribution in [1.82, 2.24) is 24.1 Å². The molecule has 3 aromatic heterocycles. The van der Waals surface area contributed by atoms with Crippen LogP contribution in [0.15, 0.2) is 27.9 Å². The molecule has 0 fully saturated rings. The molecule has 0 amide bonds. The number of anilines is 1. The molecule has 0 aliphatic rings. The number of hydrogen-bond acceptors (Lipinski definition) is 7. The molecule has 0 aromatic carbocycles. The van der Waals surface area contributed by atoms with Crippen molar-refractivity contribution >= 4 is 17.0 Å². The molecule has 3 rings (SSSR count). The number of nitrogens with one attached hydrogen (secondary N) is 2. The number of methoxy groups -OCH3 is 2. The van der Waals surface area contributed by atoms with Crippen molar-refractivity contribution in [3.8, 4) is 11.4 Å². The number of aromatic amines is 1. The van der Waals surface area contributed by atoms with Crippen molar-refractivity contribution < 1.29 is 9.47 Å². The molecular weight excluding hydrogens is 388 g/mol. The number of hydrogen-bond donors (Lipinski definition) is 2. The highest BCUT2D eigenvalue weighted by Gasteiger charge is 2.17. The zero-order valence-corrected chi connectivity index (χ0v) is 17.8. The summed E-state index contributed by atoms with van der Waals surface area (Å²) in [5, 5.41) is 3.13. The SMILES string of the molecule is CCCn1c(=O)c2[nH]c(-c3ccc(NCC(OC)OC)nc3)nc2n(CCC)c1=O. The Morgan fingerprint density at radius 3 is 2.40 bits per heavy atom. The first-order valence-electron chi connectivity index (χ1n) is 10.0. The van der Waals surface area contributed by atoms with Gasteiger partial charge in [-0.3, -0.25) is 13.9 Å². The number of rotatable bonds is 10. The van der Waals surface area contributed by atoms with Gasteiger partial charge in [0, 0.05) is 39.1 Å². The summed E-state index contributed by atoms with van der Waals surface area (Å²) >= 11 is 0. The molecule has 3 aromatic rings. The highest BCUT2D eigenvalue weighted by molar-refractivity contribution is 5.75. The average molecular weight is 416 g/mol. The van der Waals surface area contributed by atoms with Gasteiger partial charge < -0.3 is 19.8 Å². The maximum Gasteiger partial charge on any atom is 0.332 e. The molecule has 0 unspecified atom stereocenters. The summed E-state index contributed by atoms with van der Waals surface area (Å²) in [5.41, 5.74) is 0.747. The highest BCUT2D eigenvalue weighted by atomic mass is 16.7. The third kappa shape index (κ3) is 4.29. The van der Waals surface area contributed by atoms with Gasteiger partial charge in [-0.1, -0.05) is 13.8 Å². The van der Waals surface area contributed by atoms with E-state index < -0.39 is 0 Å². The minimum Gasteiger partial charge on any atom is -0.365 e. The van der Waals surface area contributed by atoms with E-state index in [0.717, 1.165) is 6.42 Å². The second kappa shape index (κ2) is 9.68. The Hall–Kier alpha value is -2.98. The molecule has 162 valence electrons. The first-order valence-corrected chi connectivity index (χ1v) is 10.0. The fraction of sp³-hybridized carbons (Fsp3) is 0.500. The van der Waals surface area contributed by atoms with E-state index in [2.05, 4.69) is 20.3 Å². The van der Waals surface area contributed by atoms with Crippen LogP contribution < -0.4 is 16.6 Å². The van der Waals surface area contributed by atoms with E-state index in [4.69, 9.17) is 9.47 Å². The van der Waals surface area contributed by atoms with E-state index in [9.17, 15) is 9.59 Å². The van der Waals surface area contributed by atoms with Gasteiger partial charge in [0.15, 0.2) is 11.9 Å². The third-order valence-electron chi connectivity index (χ3n) is 4.77. The Morgan fingerprint density at radius 1 is 1.10 bits per heavy atom. The van der Waals surface area contributed by atoms with E-state index in [1.807, 2.05) is 19.9 Å². The van der Waals surface area contributed by atoms with Crippen molar-refractivity contribution in [3.05, 3.63) is 39.2 Å². The van der Waals surface area contributed by atoms with Crippen LogP contribution in [0.1, 0.15) is 26.7 Å². The molecule has 10 nitrogen and oxygen atoms in total. The van der Waals surface area contributed by atoms with E-state index >= 15 is 0 Å². The lowest BCUT2D eigenvalue weighted by atomic mass is 10.2. The first kappa shape index (κ1) is 21.7. The summed E-state index contributed by atoms with van der Waals surface area (Å²) in [6, 6.07) is 3.65. The number of pyridine rings is 1. The van der Waals surface area contributed by atoms with Crippen LogP contribution in [-0.2, 0) is 22.6 Å². The fourth-order valence-electron chi connectivity index (χ4n) is 3.24. The van der Waals surface area contributed by atoms with Crippen LogP contribution in [0.4, 0.5) is 5.82 Å². The molecule has 2 N–H and O–H groups in total. The van der Waals surface area contributed by atoms with Gasteiger partial charge in [-0.2, -0.15) is 0 Å². The normalized spacial score (nSPS) is 11.5. The maximum absolute atomic E-state index is 12.8. The second-order valence-corrected chi connectivity index (χ2v) is 6.89. The number of imidazole rings is 1. The number of aromatic nitrogens is 5. The Bertz CT molecular complexity index is 1100. The predicted octanol–water partition coefficient (Wildman–Crippen LogP) is 1.80. The van der Waals surface area contributed by atoms with Crippen molar-refractivity contribution in [2.75, 3.05) is 26.1 Å². The maximum atomic E-state index is 12.8. The molecule has 0 aliphatic carbocycles.